The number of aromatic nitrogens is 3. The van der Waals surface area contributed by atoms with Gasteiger partial charge in [-0.05, 0) is 25.6 Å². The first-order valence-electron chi connectivity index (χ1n) is 7.61. The number of nitrogens with two attached hydrogens (primary N) is 1. The summed E-state index contributed by atoms with van der Waals surface area (Å²) in [5.74, 6) is -0.237. The van der Waals surface area contributed by atoms with Crippen molar-refractivity contribution in [2.75, 3.05) is 6.54 Å². The fourth-order valence-corrected chi connectivity index (χ4v) is 2.94. The number of hydrogen-bond donors (Lipinski definition) is 2. The van der Waals surface area contributed by atoms with Crippen molar-refractivity contribution < 1.29 is 13.7 Å². The number of nitrogens with one attached hydrogen (secondary N) is 1. The monoisotopic (exact) mass is 397 g/mol. The van der Waals surface area contributed by atoms with Gasteiger partial charge in [-0.3, -0.25) is 4.79 Å². The average molecular weight is 398 g/mol. The lowest BCUT2D eigenvalue weighted by atomic mass is 10.2. The summed E-state index contributed by atoms with van der Waals surface area (Å²) in [5.41, 5.74) is 6.30. The lowest BCUT2D eigenvalue weighted by molar-refractivity contribution is 0.0928. The summed E-state index contributed by atoms with van der Waals surface area (Å²) in [5, 5.41) is 9.06. The van der Waals surface area contributed by atoms with E-state index in [4.69, 9.17) is 10.3 Å². The van der Waals surface area contributed by atoms with Crippen molar-refractivity contribution in [3.05, 3.63) is 52.1 Å². The summed E-state index contributed by atoms with van der Waals surface area (Å²) >= 11 is 1.39. The minimum absolute atomic E-state index is 0. The summed E-state index contributed by atoms with van der Waals surface area (Å²) in [4.78, 5) is 20.7. The molecule has 0 radical (unpaired) electrons. The summed E-state index contributed by atoms with van der Waals surface area (Å²) in [6, 6.07) is 5.37. The van der Waals surface area contributed by atoms with Crippen molar-refractivity contribution in [3.63, 3.8) is 0 Å². The molecule has 1 atom stereocenters. The Morgan fingerprint density at radius 3 is 2.96 bits per heavy atom. The molecular formula is C16H17ClFN5O2S. The van der Waals surface area contributed by atoms with Crippen molar-refractivity contribution in [1.82, 2.24) is 20.4 Å². The third kappa shape index (κ3) is 4.63. The number of nitrogens with zero attached hydrogens (tertiary/aromatic N) is 3. The molecule has 0 bridgehead atoms. The molecule has 0 saturated heterocycles. The van der Waals surface area contributed by atoms with Gasteiger partial charge in [-0.1, -0.05) is 17.3 Å². The zero-order valence-electron chi connectivity index (χ0n) is 13.8. The lowest BCUT2D eigenvalue weighted by Gasteiger charge is -2.07. The summed E-state index contributed by atoms with van der Waals surface area (Å²) in [6.07, 6.45) is 0.633. The second-order valence-electron chi connectivity index (χ2n) is 5.33. The first-order valence-corrected chi connectivity index (χ1v) is 8.49. The molecule has 3 rings (SSSR count). The van der Waals surface area contributed by atoms with Crippen molar-refractivity contribution in [2.45, 2.75) is 19.4 Å². The number of rotatable bonds is 6. The molecule has 7 nitrogen and oxygen atoms in total. The Kier molecular flexibility index (Phi) is 6.78. The molecule has 0 spiro atoms. The molecule has 26 heavy (non-hydrogen) atoms. The molecule has 10 heteroatoms. The Morgan fingerprint density at radius 1 is 1.42 bits per heavy atom. The van der Waals surface area contributed by atoms with E-state index in [1.807, 2.05) is 0 Å². The third-order valence-electron chi connectivity index (χ3n) is 3.39. The normalized spacial score (nSPS) is 11.7. The van der Waals surface area contributed by atoms with Crippen molar-refractivity contribution in [1.29, 1.82) is 0 Å². The highest BCUT2D eigenvalue weighted by molar-refractivity contribution is 7.09. The van der Waals surface area contributed by atoms with E-state index in [2.05, 4.69) is 20.4 Å². The van der Waals surface area contributed by atoms with Gasteiger partial charge >= 0.3 is 0 Å². The second-order valence-corrected chi connectivity index (χ2v) is 6.27. The van der Waals surface area contributed by atoms with Crippen LogP contribution in [-0.2, 0) is 6.42 Å². The number of hydrogen-bond acceptors (Lipinski definition) is 7. The van der Waals surface area contributed by atoms with Crippen LogP contribution >= 0.6 is 23.7 Å². The van der Waals surface area contributed by atoms with E-state index in [1.165, 1.54) is 23.5 Å². The molecule has 2 heterocycles. The van der Waals surface area contributed by atoms with Gasteiger partial charge in [0.05, 0.1) is 5.01 Å². The SMILES string of the molecule is CC(NC(=O)c1csc(CCN)n1)c1nc(-c2cccc(F)c2)no1.Cl. The van der Waals surface area contributed by atoms with Crippen LogP contribution in [0.4, 0.5) is 4.39 Å². The largest absolute Gasteiger partial charge is 0.339 e. The molecule has 1 aromatic carbocycles. The predicted octanol–water partition coefficient (Wildman–Crippen LogP) is 2.75. The van der Waals surface area contributed by atoms with Gasteiger partial charge in [0.2, 0.25) is 11.7 Å². The molecule has 0 aliphatic carbocycles. The van der Waals surface area contributed by atoms with Gasteiger partial charge in [-0.15, -0.1) is 23.7 Å². The fraction of sp³-hybridized carbons (Fsp3) is 0.250. The standard InChI is InChI=1S/C16H16FN5O2S.ClH/c1-9(19-15(23)12-8-25-13(20-12)5-6-18)16-21-14(22-24-16)10-3-2-4-11(17)7-10;/h2-4,7-9H,5-6,18H2,1H3,(H,19,23);1H. The van der Waals surface area contributed by atoms with E-state index in [9.17, 15) is 9.18 Å². The van der Waals surface area contributed by atoms with Crippen LogP contribution in [0.15, 0.2) is 34.2 Å². The Bertz CT molecular complexity index is 885. The van der Waals surface area contributed by atoms with E-state index >= 15 is 0 Å². The summed E-state index contributed by atoms with van der Waals surface area (Å²) in [7, 11) is 0. The van der Waals surface area contributed by atoms with E-state index in [0.29, 0.717) is 24.2 Å². The fourth-order valence-electron chi connectivity index (χ4n) is 2.14. The molecule has 1 unspecified atom stereocenters. The molecule has 0 aliphatic heterocycles. The zero-order valence-corrected chi connectivity index (χ0v) is 15.4. The van der Waals surface area contributed by atoms with Crippen LogP contribution in [0.5, 0.6) is 0 Å². The Morgan fingerprint density at radius 2 is 2.23 bits per heavy atom. The van der Waals surface area contributed by atoms with Crippen LogP contribution in [0.3, 0.4) is 0 Å². The zero-order chi connectivity index (χ0) is 17.8. The maximum Gasteiger partial charge on any atom is 0.271 e. The number of thiazole rings is 1. The van der Waals surface area contributed by atoms with Gasteiger partial charge < -0.3 is 15.6 Å². The molecule has 3 aromatic rings. The highest BCUT2D eigenvalue weighted by atomic mass is 35.5. The number of carbonyl (C=O) groups excluding carboxylic acids is 1. The summed E-state index contributed by atoms with van der Waals surface area (Å²) < 4.78 is 18.4. The first kappa shape index (κ1) is 20.0. The second kappa shape index (κ2) is 8.84. The minimum Gasteiger partial charge on any atom is -0.339 e. The number of halogens is 2. The van der Waals surface area contributed by atoms with Gasteiger partial charge in [-0.25, -0.2) is 9.37 Å². The maximum absolute atomic E-state index is 13.3. The number of carbonyl (C=O) groups is 1. The van der Waals surface area contributed by atoms with E-state index < -0.39 is 6.04 Å². The van der Waals surface area contributed by atoms with Gasteiger partial charge in [0, 0.05) is 17.4 Å². The molecule has 138 valence electrons. The van der Waals surface area contributed by atoms with Crippen LogP contribution < -0.4 is 11.1 Å². The van der Waals surface area contributed by atoms with Crippen LogP contribution in [-0.4, -0.2) is 27.6 Å². The molecule has 0 aliphatic rings. The molecule has 2 aromatic heterocycles. The van der Waals surface area contributed by atoms with E-state index in [1.54, 1.807) is 24.4 Å². The molecule has 0 saturated carbocycles. The van der Waals surface area contributed by atoms with Gasteiger partial charge in [0.1, 0.15) is 17.6 Å². The average Bonchev–Trinajstić information content (AvgIpc) is 3.25. The van der Waals surface area contributed by atoms with Crippen molar-refractivity contribution >= 4 is 29.7 Å². The topological polar surface area (TPSA) is 107 Å². The summed E-state index contributed by atoms with van der Waals surface area (Å²) in [6.45, 7) is 2.20. The van der Waals surface area contributed by atoms with Crippen LogP contribution in [0, 0.1) is 5.82 Å². The highest BCUT2D eigenvalue weighted by Gasteiger charge is 2.19. The highest BCUT2D eigenvalue weighted by Crippen LogP contribution is 2.20. The van der Waals surface area contributed by atoms with E-state index in [-0.39, 0.29) is 35.8 Å². The number of benzene rings is 1. The Balaban J connectivity index is 0.00000243. The van der Waals surface area contributed by atoms with Crippen LogP contribution in [0.2, 0.25) is 0 Å². The Labute approximate surface area is 159 Å². The van der Waals surface area contributed by atoms with Crippen molar-refractivity contribution in [2.24, 2.45) is 5.73 Å². The van der Waals surface area contributed by atoms with Crippen molar-refractivity contribution in [3.8, 4) is 11.4 Å². The lowest BCUT2D eigenvalue weighted by Crippen LogP contribution is -2.27. The smallest absolute Gasteiger partial charge is 0.271 e. The molecule has 3 N–H and O–H groups in total. The third-order valence-corrected chi connectivity index (χ3v) is 4.29. The van der Waals surface area contributed by atoms with Gasteiger partial charge in [0.25, 0.3) is 5.91 Å². The molecule has 0 fully saturated rings. The van der Waals surface area contributed by atoms with Gasteiger partial charge in [-0.2, -0.15) is 4.98 Å². The maximum atomic E-state index is 13.3. The minimum atomic E-state index is -0.512. The van der Waals surface area contributed by atoms with Crippen LogP contribution in [0.25, 0.3) is 11.4 Å². The van der Waals surface area contributed by atoms with E-state index in [0.717, 1.165) is 5.01 Å². The molecule has 1 amide bonds. The van der Waals surface area contributed by atoms with Gasteiger partial charge in [0.15, 0.2) is 0 Å². The first-order chi connectivity index (χ1) is 12.1. The predicted molar refractivity (Wildman–Crippen MR) is 97.7 cm³/mol. The quantitative estimate of drug-likeness (QED) is 0.662. The molecular weight excluding hydrogens is 381 g/mol. The van der Waals surface area contributed by atoms with Crippen LogP contribution in [0.1, 0.15) is 34.4 Å². The Hall–Kier alpha value is -2.36. The number of amides is 1.